The Morgan fingerprint density at radius 1 is 1.23 bits per heavy atom. The number of aliphatic hydroxyl groups excluding tert-OH is 1. The van der Waals surface area contributed by atoms with Crippen molar-refractivity contribution in [3.05, 3.63) is 81.2 Å². The number of amides is 1. The van der Waals surface area contributed by atoms with E-state index in [4.69, 9.17) is 0 Å². The number of aliphatic hydroxyl groups is 1. The van der Waals surface area contributed by atoms with Crippen molar-refractivity contribution in [1.82, 2.24) is 5.32 Å². The maximum Gasteiger partial charge on any atom is 0.292 e. The summed E-state index contributed by atoms with van der Waals surface area (Å²) in [4.78, 5) is 24.2. The zero-order valence-electron chi connectivity index (χ0n) is 18.6. The number of allylic oxidation sites excluding steroid dienone is 5. The van der Waals surface area contributed by atoms with Gasteiger partial charge in [0.25, 0.3) is 5.70 Å². The molecule has 0 spiro atoms. The Morgan fingerprint density at radius 2 is 1.90 bits per heavy atom. The third kappa shape index (κ3) is 6.49. The van der Waals surface area contributed by atoms with Crippen LogP contribution in [0, 0.1) is 16.0 Å². The number of hydrogen-bond donors (Lipinski definition) is 2. The quantitative estimate of drug-likeness (QED) is 0.396. The van der Waals surface area contributed by atoms with Crippen LogP contribution in [0.25, 0.3) is 11.1 Å². The van der Waals surface area contributed by atoms with Gasteiger partial charge in [-0.3, -0.25) is 14.9 Å². The molecule has 1 unspecified atom stereocenters. The van der Waals surface area contributed by atoms with E-state index in [9.17, 15) is 20.0 Å². The minimum absolute atomic E-state index is 0.102. The molecule has 1 aromatic rings. The number of carbonyl (C=O) groups is 1. The van der Waals surface area contributed by atoms with E-state index in [0.29, 0.717) is 25.7 Å². The highest BCUT2D eigenvalue weighted by atomic mass is 16.6. The van der Waals surface area contributed by atoms with Gasteiger partial charge in [-0.2, -0.15) is 0 Å². The van der Waals surface area contributed by atoms with E-state index in [2.05, 4.69) is 11.9 Å². The summed E-state index contributed by atoms with van der Waals surface area (Å²) in [6.07, 6.45) is 6.25. The number of nitro groups is 1. The van der Waals surface area contributed by atoms with Crippen molar-refractivity contribution in [2.75, 3.05) is 6.61 Å². The van der Waals surface area contributed by atoms with Crippen molar-refractivity contribution in [3.63, 3.8) is 0 Å². The van der Waals surface area contributed by atoms with Gasteiger partial charge >= 0.3 is 0 Å². The van der Waals surface area contributed by atoms with E-state index in [0.717, 1.165) is 34.3 Å². The molecule has 1 aromatic carbocycles. The molecule has 0 aliphatic heterocycles. The minimum Gasteiger partial charge on any atom is -0.396 e. The zero-order valence-corrected chi connectivity index (χ0v) is 18.6. The van der Waals surface area contributed by atoms with E-state index in [-0.39, 0.29) is 29.8 Å². The van der Waals surface area contributed by atoms with Crippen LogP contribution in [0.5, 0.6) is 0 Å². The third-order valence-electron chi connectivity index (χ3n) is 5.50. The number of nitrogens with zero attached hydrogens (tertiary/aromatic N) is 1. The third-order valence-corrected chi connectivity index (χ3v) is 5.50. The maximum atomic E-state index is 12.8. The van der Waals surface area contributed by atoms with Gasteiger partial charge < -0.3 is 10.4 Å². The highest BCUT2D eigenvalue weighted by Crippen LogP contribution is 2.31. The predicted octanol–water partition coefficient (Wildman–Crippen LogP) is 5.25. The van der Waals surface area contributed by atoms with Crippen LogP contribution in [-0.2, 0) is 4.79 Å². The van der Waals surface area contributed by atoms with E-state index < -0.39 is 4.92 Å². The fourth-order valence-corrected chi connectivity index (χ4v) is 3.64. The highest BCUT2D eigenvalue weighted by molar-refractivity contribution is 5.83. The Kier molecular flexibility index (Phi) is 8.94. The minimum atomic E-state index is -0.449. The second-order valence-electron chi connectivity index (χ2n) is 7.90. The van der Waals surface area contributed by atoms with Gasteiger partial charge in [-0.25, -0.2) is 0 Å². The Labute approximate surface area is 184 Å². The van der Waals surface area contributed by atoms with E-state index in [1.807, 2.05) is 45.0 Å². The molecule has 6 nitrogen and oxygen atoms in total. The average Bonchev–Trinajstić information content (AvgIpc) is 2.93. The standard InChI is InChI=1S/C25H32N2O4/c1-5-7-21(12-13-28)25(29)26-23-16-22(14-18(6-2)15-24(23)27(30)31)20-10-8-19(9-11-20)17(3)4/h8-11,15-16,21,28H,3,5-7,12-14H2,1-2,4H3,(H,26,29). The molecule has 2 N–H and O–H groups in total. The number of carbonyl (C=O) groups excluding carboxylic acids is 1. The zero-order chi connectivity index (χ0) is 23.0. The Morgan fingerprint density at radius 3 is 2.42 bits per heavy atom. The molecule has 2 rings (SSSR count). The summed E-state index contributed by atoms with van der Waals surface area (Å²) in [6, 6.07) is 7.91. The lowest BCUT2D eigenvalue weighted by molar-refractivity contribution is -0.420. The van der Waals surface area contributed by atoms with Crippen LogP contribution < -0.4 is 5.32 Å². The second-order valence-corrected chi connectivity index (χ2v) is 7.90. The number of nitrogens with one attached hydrogen (secondary N) is 1. The van der Waals surface area contributed by atoms with Crippen LogP contribution in [0.15, 0.2) is 60.0 Å². The molecular formula is C25H32N2O4. The van der Waals surface area contributed by atoms with Crippen LogP contribution in [0.2, 0.25) is 0 Å². The molecule has 0 heterocycles. The first kappa shape index (κ1) is 24.3. The van der Waals surface area contributed by atoms with Gasteiger partial charge in [0.15, 0.2) is 0 Å². The van der Waals surface area contributed by atoms with Crippen molar-refractivity contribution in [2.45, 2.75) is 52.9 Å². The molecule has 6 heteroatoms. The van der Waals surface area contributed by atoms with Crippen molar-refractivity contribution < 1.29 is 14.8 Å². The molecule has 1 amide bonds. The molecule has 166 valence electrons. The van der Waals surface area contributed by atoms with Gasteiger partial charge in [-0.05, 0) is 55.4 Å². The lowest BCUT2D eigenvalue weighted by Gasteiger charge is -2.16. The molecule has 0 fully saturated rings. The number of hydrogen-bond acceptors (Lipinski definition) is 4. The lowest BCUT2D eigenvalue weighted by Crippen LogP contribution is -2.31. The summed E-state index contributed by atoms with van der Waals surface area (Å²) in [5, 5.41) is 23.9. The summed E-state index contributed by atoms with van der Waals surface area (Å²) in [6.45, 7) is 9.73. The summed E-state index contributed by atoms with van der Waals surface area (Å²) in [5.41, 5.74) is 4.85. The fraction of sp³-hybridized carbons (Fsp3) is 0.400. The maximum absolute atomic E-state index is 12.8. The fourth-order valence-electron chi connectivity index (χ4n) is 3.64. The summed E-state index contributed by atoms with van der Waals surface area (Å²) >= 11 is 0. The first-order valence-electron chi connectivity index (χ1n) is 10.8. The van der Waals surface area contributed by atoms with Crippen LogP contribution >= 0.6 is 0 Å². The molecule has 0 saturated heterocycles. The largest absolute Gasteiger partial charge is 0.396 e. The molecule has 1 atom stereocenters. The van der Waals surface area contributed by atoms with Gasteiger partial charge in [0.2, 0.25) is 5.91 Å². The van der Waals surface area contributed by atoms with Crippen LogP contribution in [0.4, 0.5) is 0 Å². The molecule has 0 bridgehead atoms. The van der Waals surface area contributed by atoms with Gasteiger partial charge in [-0.1, -0.05) is 62.3 Å². The van der Waals surface area contributed by atoms with Crippen LogP contribution in [0.3, 0.4) is 0 Å². The predicted molar refractivity (Wildman–Crippen MR) is 124 cm³/mol. The summed E-state index contributed by atoms with van der Waals surface area (Å²) in [7, 11) is 0. The van der Waals surface area contributed by atoms with Crippen molar-refractivity contribution in [3.8, 4) is 0 Å². The van der Waals surface area contributed by atoms with Crippen molar-refractivity contribution in [1.29, 1.82) is 0 Å². The van der Waals surface area contributed by atoms with Gasteiger partial charge in [0, 0.05) is 18.6 Å². The average molecular weight is 425 g/mol. The van der Waals surface area contributed by atoms with Crippen molar-refractivity contribution >= 4 is 17.1 Å². The van der Waals surface area contributed by atoms with Crippen molar-refractivity contribution in [2.24, 2.45) is 5.92 Å². The van der Waals surface area contributed by atoms with E-state index in [1.165, 1.54) is 0 Å². The molecule has 31 heavy (non-hydrogen) atoms. The van der Waals surface area contributed by atoms with E-state index >= 15 is 0 Å². The Balaban J connectivity index is 2.51. The summed E-state index contributed by atoms with van der Waals surface area (Å²) < 4.78 is 0. The van der Waals surface area contributed by atoms with Crippen LogP contribution in [0.1, 0.15) is 64.0 Å². The van der Waals surface area contributed by atoms with Gasteiger partial charge in [-0.15, -0.1) is 0 Å². The highest BCUT2D eigenvalue weighted by Gasteiger charge is 2.25. The molecule has 0 radical (unpaired) electrons. The SMILES string of the molecule is C=C(C)c1ccc(C2=CC(NC(=O)C(CCC)CCO)=C([N+](=O)[O-])C=C(CC)C2)cc1. The normalized spacial score (nSPS) is 15.0. The van der Waals surface area contributed by atoms with E-state index in [1.54, 1.807) is 12.2 Å². The first-order chi connectivity index (χ1) is 14.8. The number of benzene rings is 1. The topological polar surface area (TPSA) is 92.5 Å². The molecule has 1 aliphatic carbocycles. The number of rotatable bonds is 10. The summed E-state index contributed by atoms with van der Waals surface area (Å²) in [5.74, 6) is -0.688. The first-order valence-corrected chi connectivity index (χ1v) is 10.8. The Hall–Kier alpha value is -2.99. The second kappa shape index (κ2) is 11.4. The monoisotopic (exact) mass is 424 g/mol. The lowest BCUT2D eigenvalue weighted by atomic mass is 9.95. The van der Waals surface area contributed by atoms with Gasteiger partial charge in [0.05, 0.1) is 4.92 Å². The molecule has 1 aliphatic rings. The molecule has 0 aromatic heterocycles. The van der Waals surface area contributed by atoms with Crippen LogP contribution in [-0.4, -0.2) is 22.5 Å². The molecular weight excluding hydrogens is 392 g/mol. The molecule has 0 saturated carbocycles. The van der Waals surface area contributed by atoms with Gasteiger partial charge in [0.1, 0.15) is 5.70 Å². The smallest absolute Gasteiger partial charge is 0.292 e. The Bertz CT molecular complexity index is 917.